The Bertz CT molecular complexity index is 1710. The number of benzene rings is 2. The van der Waals surface area contributed by atoms with E-state index in [-0.39, 0.29) is 12.0 Å². The fourth-order valence-electron chi connectivity index (χ4n) is 4.06. The summed E-state index contributed by atoms with van der Waals surface area (Å²) in [4.78, 5) is 44.9. The van der Waals surface area contributed by atoms with E-state index in [0.29, 0.717) is 27.6 Å². The number of aromatic carboxylic acids is 1. The molecule has 4 N–H and O–H groups in total. The van der Waals surface area contributed by atoms with Gasteiger partial charge in [0.2, 0.25) is 11.8 Å². The number of nitrogens with zero attached hydrogens (tertiary/aromatic N) is 5. The van der Waals surface area contributed by atoms with Gasteiger partial charge in [-0.25, -0.2) is 9.78 Å². The SMILES string of the molecule is O=C(/C=C/c1cc(Cl)ccc1-n1cnnn1)NC(Cc1c[nH]c2ncccc12)C(=O)Nc1ccc(C(=O)O)cc1. The second-order valence-corrected chi connectivity index (χ2v) is 9.08. The summed E-state index contributed by atoms with van der Waals surface area (Å²) in [7, 11) is 0. The summed E-state index contributed by atoms with van der Waals surface area (Å²) in [6.45, 7) is 0. The Balaban J connectivity index is 1.38. The van der Waals surface area contributed by atoms with Gasteiger partial charge in [-0.05, 0) is 76.7 Å². The van der Waals surface area contributed by atoms with Crippen molar-refractivity contribution >= 4 is 52.2 Å². The third-order valence-electron chi connectivity index (χ3n) is 5.99. The number of pyridine rings is 1. The van der Waals surface area contributed by atoms with Gasteiger partial charge in [-0.2, -0.15) is 4.68 Å². The number of halogens is 1. The van der Waals surface area contributed by atoms with Crippen molar-refractivity contribution in [2.24, 2.45) is 0 Å². The first-order chi connectivity index (χ1) is 19.4. The van der Waals surface area contributed by atoms with E-state index in [4.69, 9.17) is 16.7 Å². The molecular formula is C27H21ClN8O4. The Morgan fingerprint density at radius 2 is 1.95 bits per heavy atom. The number of H-pyrrole nitrogens is 1. The third kappa shape index (κ3) is 6.03. The van der Waals surface area contributed by atoms with Gasteiger partial charge in [0.05, 0.1) is 11.3 Å². The number of carboxylic acids is 1. The average molecular weight is 557 g/mol. The van der Waals surface area contributed by atoms with Gasteiger partial charge >= 0.3 is 5.97 Å². The summed E-state index contributed by atoms with van der Waals surface area (Å²) in [6.07, 6.45) is 7.81. The van der Waals surface area contributed by atoms with Crippen LogP contribution < -0.4 is 10.6 Å². The first kappa shape index (κ1) is 26.3. The number of hydrogen-bond acceptors (Lipinski definition) is 7. The van der Waals surface area contributed by atoms with Crippen molar-refractivity contribution in [1.29, 1.82) is 0 Å². The van der Waals surface area contributed by atoms with Gasteiger partial charge in [0.25, 0.3) is 0 Å². The number of nitrogens with one attached hydrogen (secondary N) is 3. The van der Waals surface area contributed by atoms with E-state index in [2.05, 4.69) is 36.1 Å². The number of fused-ring (bicyclic) bond motifs is 1. The molecule has 0 aliphatic rings. The van der Waals surface area contributed by atoms with Crippen LogP contribution in [0.4, 0.5) is 5.69 Å². The Morgan fingerprint density at radius 3 is 2.70 bits per heavy atom. The lowest BCUT2D eigenvalue weighted by atomic mass is 10.0. The lowest BCUT2D eigenvalue weighted by Gasteiger charge is -2.18. The number of amides is 2. The smallest absolute Gasteiger partial charge is 0.335 e. The number of aromatic nitrogens is 6. The lowest BCUT2D eigenvalue weighted by molar-refractivity contribution is -0.123. The van der Waals surface area contributed by atoms with Crippen LogP contribution in [0.15, 0.2) is 79.4 Å². The number of carboxylic acid groups (broad SMARTS) is 1. The Kier molecular flexibility index (Phi) is 7.60. The number of hydrogen-bond donors (Lipinski definition) is 4. The molecule has 0 spiro atoms. The molecule has 1 atom stereocenters. The molecule has 2 amide bonds. The fourth-order valence-corrected chi connectivity index (χ4v) is 4.24. The van der Waals surface area contributed by atoms with E-state index in [1.165, 1.54) is 41.4 Å². The highest BCUT2D eigenvalue weighted by Crippen LogP contribution is 2.21. The zero-order chi connectivity index (χ0) is 28.1. The Labute approximate surface area is 231 Å². The second-order valence-electron chi connectivity index (χ2n) is 8.64. The summed E-state index contributed by atoms with van der Waals surface area (Å²) in [5.41, 5.74) is 3.09. The summed E-state index contributed by atoms with van der Waals surface area (Å²) >= 11 is 6.16. The number of aromatic amines is 1. The molecule has 0 radical (unpaired) electrons. The normalized spacial score (nSPS) is 11.9. The van der Waals surface area contributed by atoms with Gasteiger partial charge in [0.1, 0.15) is 18.0 Å². The van der Waals surface area contributed by atoms with Gasteiger partial charge in [0.15, 0.2) is 0 Å². The van der Waals surface area contributed by atoms with Crippen LogP contribution in [0, 0.1) is 0 Å². The minimum Gasteiger partial charge on any atom is -0.478 e. The average Bonchev–Trinajstić information content (AvgIpc) is 3.63. The van der Waals surface area contributed by atoms with Crippen molar-refractivity contribution < 1.29 is 19.5 Å². The Hall–Kier alpha value is -5.36. The molecule has 1 unspecified atom stereocenters. The van der Waals surface area contributed by atoms with Gasteiger partial charge in [-0.15, -0.1) is 5.10 Å². The minimum atomic E-state index is -1.08. The second kappa shape index (κ2) is 11.6. The molecule has 0 saturated carbocycles. The van der Waals surface area contributed by atoms with E-state index in [1.54, 1.807) is 42.7 Å². The molecule has 5 aromatic rings. The van der Waals surface area contributed by atoms with Crippen LogP contribution in [-0.4, -0.2) is 59.1 Å². The van der Waals surface area contributed by atoms with Crippen molar-refractivity contribution in [2.75, 3.05) is 5.32 Å². The van der Waals surface area contributed by atoms with Crippen molar-refractivity contribution in [3.05, 3.63) is 101 Å². The third-order valence-corrected chi connectivity index (χ3v) is 6.23. The first-order valence-corrected chi connectivity index (χ1v) is 12.3. The molecule has 0 bridgehead atoms. The molecule has 12 nitrogen and oxygen atoms in total. The van der Waals surface area contributed by atoms with Gasteiger partial charge < -0.3 is 20.7 Å². The number of carbonyl (C=O) groups excluding carboxylic acids is 2. The predicted octanol–water partition coefficient (Wildman–Crippen LogP) is 3.27. The van der Waals surface area contributed by atoms with Gasteiger partial charge in [0, 0.05) is 46.6 Å². The van der Waals surface area contributed by atoms with Crippen molar-refractivity contribution in [2.45, 2.75) is 12.5 Å². The molecular weight excluding hydrogens is 536 g/mol. The summed E-state index contributed by atoms with van der Waals surface area (Å²) in [6, 6.07) is 13.5. The maximum atomic E-state index is 13.3. The topological polar surface area (TPSA) is 168 Å². The molecule has 2 aromatic carbocycles. The standard InChI is InChI=1S/C27H21ClN8O4/c28-19-6-9-23(36-15-31-34-35-36)17(12-19)5-10-24(37)33-22(13-18-14-30-25-21(18)2-1-11-29-25)26(38)32-20-7-3-16(4-8-20)27(39)40/h1-12,14-15,22H,13H2,(H,29,30)(H,32,38)(H,33,37)(H,39,40)/b10-5+. The van der Waals surface area contributed by atoms with Gasteiger partial charge in [-0.1, -0.05) is 11.6 Å². The highest BCUT2D eigenvalue weighted by molar-refractivity contribution is 6.30. The van der Waals surface area contributed by atoms with Crippen molar-refractivity contribution in [3.63, 3.8) is 0 Å². The van der Waals surface area contributed by atoms with Gasteiger partial charge in [-0.3, -0.25) is 9.59 Å². The maximum absolute atomic E-state index is 13.3. The zero-order valence-electron chi connectivity index (χ0n) is 20.7. The largest absolute Gasteiger partial charge is 0.478 e. The summed E-state index contributed by atoms with van der Waals surface area (Å²) < 4.78 is 1.44. The van der Waals surface area contributed by atoms with E-state index >= 15 is 0 Å². The van der Waals surface area contributed by atoms with Crippen LogP contribution in [0.5, 0.6) is 0 Å². The molecule has 0 saturated heterocycles. The van der Waals surface area contributed by atoms with E-state index in [1.807, 2.05) is 6.07 Å². The molecule has 3 heterocycles. The number of carbonyl (C=O) groups is 3. The molecule has 13 heteroatoms. The Morgan fingerprint density at radius 1 is 1.12 bits per heavy atom. The van der Waals surface area contributed by atoms with Crippen molar-refractivity contribution in [3.8, 4) is 5.69 Å². The minimum absolute atomic E-state index is 0.0846. The lowest BCUT2D eigenvalue weighted by Crippen LogP contribution is -2.44. The molecule has 3 aromatic heterocycles. The van der Waals surface area contributed by atoms with Crippen LogP contribution in [0.1, 0.15) is 21.5 Å². The summed E-state index contributed by atoms with van der Waals surface area (Å²) in [5, 5.41) is 27.1. The maximum Gasteiger partial charge on any atom is 0.335 e. The van der Waals surface area contributed by atoms with E-state index in [9.17, 15) is 14.4 Å². The van der Waals surface area contributed by atoms with Crippen LogP contribution in [-0.2, 0) is 16.0 Å². The van der Waals surface area contributed by atoms with Crippen LogP contribution in [0.25, 0.3) is 22.8 Å². The number of anilines is 1. The number of rotatable bonds is 9. The highest BCUT2D eigenvalue weighted by atomic mass is 35.5. The summed E-state index contributed by atoms with van der Waals surface area (Å²) in [5.74, 6) is -2.09. The fraction of sp³-hybridized carbons (Fsp3) is 0.0741. The molecule has 5 rings (SSSR count). The highest BCUT2D eigenvalue weighted by Gasteiger charge is 2.23. The number of tetrazole rings is 1. The molecule has 0 aliphatic carbocycles. The van der Waals surface area contributed by atoms with Crippen LogP contribution in [0.3, 0.4) is 0 Å². The van der Waals surface area contributed by atoms with E-state index in [0.717, 1.165) is 10.9 Å². The van der Waals surface area contributed by atoms with Crippen LogP contribution in [0.2, 0.25) is 5.02 Å². The molecule has 40 heavy (non-hydrogen) atoms. The molecule has 0 aliphatic heterocycles. The predicted molar refractivity (Wildman–Crippen MR) is 147 cm³/mol. The molecule has 0 fully saturated rings. The zero-order valence-corrected chi connectivity index (χ0v) is 21.4. The first-order valence-electron chi connectivity index (χ1n) is 11.9. The van der Waals surface area contributed by atoms with Crippen LogP contribution >= 0.6 is 11.6 Å². The molecule has 200 valence electrons. The quantitative estimate of drug-likeness (QED) is 0.201. The van der Waals surface area contributed by atoms with E-state index < -0.39 is 23.8 Å². The monoisotopic (exact) mass is 556 g/mol. The van der Waals surface area contributed by atoms with Crippen molar-refractivity contribution in [1.82, 2.24) is 35.5 Å².